The standard InChI is InChI=1S/C20H26FN5/c1-3-22-20(23-15-17-8-6-7-16(2)24-17)26-13-11-25(12-14-26)19-10-5-4-9-18(19)21/h4-10H,3,11-15H2,1-2H3,(H,22,23). The monoisotopic (exact) mass is 355 g/mol. The van der Waals surface area contributed by atoms with Crippen molar-refractivity contribution >= 4 is 11.6 Å². The quantitative estimate of drug-likeness (QED) is 0.677. The van der Waals surface area contributed by atoms with Gasteiger partial charge in [-0.25, -0.2) is 9.38 Å². The fraction of sp³-hybridized carbons (Fsp3) is 0.400. The van der Waals surface area contributed by atoms with Crippen molar-refractivity contribution < 1.29 is 4.39 Å². The van der Waals surface area contributed by atoms with Crippen LogP contribution in [0.1, 0.15) is 18.3 Å². The number of anilines is 1. The Bertz CT molecular complexity index is 753. The normalized spacial score (nSPS) is 15.3. The van der Waals surface area contributed by atoms with Crippen LogP contribution < -0.4 is 10.2 Å². The number of rotatable bonds is 4. The number of aliphatic imine (C=N–C) groups is 1. The SMILES string of the molecule is CCNC(=NCc1cccc(C)n1)N1CCN(c2ccccc2F)CC1. The summed E-state index contributed by atoms with van der Waals surface area (Å²) in [6.45, 7) is 8.58. The van der Waals surface area contributed by atoms with E-state index in [0.29, 0.717) is 12.2 Å². The molecule has 0 unspecified atom stereocenters. The van der Waals surface area contributed by atoms with Gasteiger partial charge in [0.1, 0.15) is 5.82 Å². The number of guanidine groups is 1. The third kappa shape index (κ3) is 4.50. The molecule has 1 aromatic carbocycles. The molecule has 1 aliphatic rings. The van der Waals surface area contributed by atoms with Crippen molar-refractivity contribution in [1.29, 1.82) is 0 Å². The number of pyridine rings is 1. The summed E-state index contributed by atoms with van der Waals surface area (Å²) < 4.78 is 14.0. The number of aryl methyl sites for hydroxylation is 1. The van der Waals surface area contributed by atoms with Crippen LogP contribution in [-0.4, -0.2) is 48.6 Å². The number of aromatic nitrogens is 1. The van der Waals surface area contributed by atoms with Gasteiger partial charge in [-0.15, -0.1) is 0 Å². The largest absolute Gasteiger partial charge is 0.366 e. The first-order chi connectivity index (χ1) is 12.7. The van der Waals surface area contributed by atoms with Crippen LogP contribution in [0, 0.1) is 12.7 Å². The molecule has 0 atom stereocenters. The van der Waals surface area contributed by atoms with Gasteiger partial charge in [0, 0.05) is 38.4 Å². The number of benzene rings is 1. The predicted octanol–water partition coefficient (Wildman–Crippen LogP) is 2.82. The molecule has 138 valence electrons. The van der Waals surface area contributed by atoms with Crippen molar-refractivity contribution in [3.05, 3.63) is 59.7 Å². The topological polar surface area (TPSA) is 43.8 Å². The average molecular weight is 355 g/mol. The maximum Gasteiger partial charge on any atom is 0.194 e. The van der Waals surface area contributed by atoms with E-state index < -0.39 is 0 Å². The molecule has 6 heteroatoms. The average Bonchev–Trinajstić information content (AvgIpc) is 2.66. The van der Waals surface area contributed by atoms with Gasteiger partial charge in [0.05, 0.1) is 17.9 Å². The number of nitrogens with zero attached hydrogens (tertiary/aromatic N) is 4. The summed E-state index contributed by atoms with van der Waals surface area (Å²) in [5.74, 6) is 0.732. The van der Waals surface area contributed by atoms with E-state index in [4.69, 9.17) is 4.99 Å². The molecule has 1 fully saturated rings. The van der Waals surface area contributed by atoms with Crippen LogP contribution >= 0.6 is 0 Å². The van der Waals surface area contributed by atoms with Gasteiger partial charge in [-0.05, 0) is 38.1 Å². The van der Waals surface area contributed by atoms with E-state index in [2.05, 4.69) is 27.0 Å². The minimum atomic E-state index is -0.160. The smallest absolute Gasteiger partial charge is 0.194 e. The van der Waals surface area contributed by atoms with Crippen LogP contribution in [0.3, 0.4) is 0 Å². The number of piperazine rings is 1. The van der Waals surface area contributed by atoms with Gasteiger partial charge in [0.15, 0.2) is 5.96 Å². The third-order valence-corrected chi connectivity index (χ3v) is 4.44. The lowest BCUT2D eigenvalue weighted by Crippen LogP contribution is -2.52. The van der Waals surface area contributed by atoms with Crippen LogP contribution in [0.15, 0.2) is 47.5 Å². The first-order valence-electron chi connectivity index (χ1n) is 9.12. The molecule has 0 spiro atoms. The Morgan fingerprint density at radius 3 is 2.58 bits per heavy atom. The molecule has 0 radical (unpaired) electrons. The first kappa shape index (κ1) is 18.2. The van der Waals surface area contributed by atoms with E-state index in [1.165, 1.54) is 6.07 Å². The predicted molar refractivity (Wildman–Crippen MR) is 104 cm³/mol. The van der Waals surface area contributed by atoms with Gasteiger partial charge >= 0.3 is 0 Å². The molecule has 2 heterocycles. The van der Waals surface area contributed by atoms with Gasteiger partial charge in [0.2, 0.25) is 0 Å². The number of hydrogen-bond acceptors (Lipinski definition) is 3. The van der Waals surface area contributed by atoms with E-state index in [1.54, 1.807) is 6.07 Å². The van der Waals surface area contributed by atoms with Crippen LogP contribution in [0.5, 0.6) is 0 Å². The number of hydrogen-bond donors (Lipinski definition) is 1. The minimum Gasteiger partial charge on any atom is -0.366 e. The molecule has 0 bridgehead atoms. The molecule has 0 amide bonds. The number of nitrogens with one attached hydrogen (secondary N) is 1. The molecule has 0 saturated carbocycles. The zero-order chi connectivity index (χ0) is 18.4. The molecule has 1 aromatic heterocycles. The Labute approximate surface area is 154 Å². The third-order valence-electron chi connectivity index (χ3n) is 4.44. The maximum atomic E-state index is 14.0. The second-order valence-corrected chi connectivity index (χ2v) is 6.37. The van der Waals surface area contributed by atoms with Crippen LogP contribution in [0.2, 0.25) is 0 Å². The zero-order valence-electron chi connectivity index (χ0n) is 15.5. The Morgan fingerprint density at radius 2 is 1.88 bits per heavy atom. The van der Waals surface area contributed by atoms with Crippen LogP contribution in [0.25, 0.3) is 0 Å². The molecule has 1 N–H and O–H groups in total. The fourth-order valence-electron chi connectivity index (χ4n) is 3.14. The highest BCUT2D eigenvalue weighted by Crippen LogP contribution is 2.20. The highest BCUT2D eigenvalue weighted by atomic mass is 19.1. The molecule has 2 aromatic rings. The summed E-state index contributed by atoms with van der Waals surface area (Å²) in [5.41, 5.74) is 2.64. The highest BCUT2D eigenvalue weighted by Gasteiger charge is 2.21. The summed E-state index contributed by atoms with van der Waals surface area (Å²) in [6, 6.07) is 13.0. The Hall–Kier alpha value is -2.63. The highest BCUT2D eigenvalue weighted by molar-refractivity contribution is 5.80. The van der Waals surface area contributed by atoms with Crippen molar-refractivity contribution in [1.82, 2.24) is 15.2 Å². The molecule has 5 nitrogen and oxygen atoms in total. The van der Waals surface area contributed by atoms with E-state index in [9.17, 15) is 4.39 Å². The number of para-hydroxylation sites is 1. The molecule has 1 saturated heterocycles. The summed E-state index contributed by atoms with van der Waals surface area (Å²) in [4.78, 5) is 13.6. The second-order valence-electron chi connectivity index (χ2n) is 6.37. The summed E-state index contributed by atoms with van der Waals surface area (Å²) in [7, 11) is 0. The zero-order valence-corrected chi connectivity index (χ0v) is 15.5. The Balaban J connectivity index is 1.64. The van der Waals surface area contributed by atoms with Gasteiger partial charge in [-0.3, -0.25) is 4.98 Å². The maximum absolute atomic E-state index is 14.0. The number of halogens is 1. The van der Waals surface area contributed by atoms with Crippen molar-refractivity contribution in [2.24, 2.45) is 4.99 Å². The summed E-state index contributed by atoms with van der Waals surface area (Å²) in [5, 5.41) is 3.36. The lowest BCUT2D eigenvalue weighted by atomic mass is 10.2. The summed E-state index contributed by atoms with van der Waals surface area (Å²) in [6.07, 6.45) is 0. The molecule has 26 heavy (non-hydrogen) atoms. The fourth-order valence-corrected chi connectivity index (χ4v) is 3.14. The van der Waals surface area contributed by atoms with Gasteiger partial charge < -0.3 is 15.1 Å². The Morgan fingerprint density at radius 1 is 1.12 bits per heavy atom. The van der Waals surface area contributed by atoms with Gasteiger partial charge in [-0.1, -0.05) is 18.2 Å². The minimum absolute atomic E-state index is 0.160. The molecule has 1 aliphatic heterocycles. The lowest BCUT2D eigenvalue weighted by molar-refractivity contribution is 0.370. The van der Waals surface area contributed by atoms with Crippen molar-refractivity contribution in [3.8, 4) is 0 Å². The van der Waals surface area contributed by atoms with Crippen molar-refractivity contribution in [2.45, 2.75) is 20.4 Å². The van der Waals surface area contributed by atoms with Crippen LogP contribution in [0.4, 0.5) is 10.1 Å². The van der Waals surface area contributed by atoms with E-state index in [0.717, 1.165) is 50.1 Å². The first-order valence-corrected chi connectivity index (χ1v) is 9.12. The van der Waals surface area contributed by atoms with Crippen molar-refractivity contribution in [2.75, 3.05) is 37.6 Å². The lowest BCUT2D eigenvalue weighted by Gasteiger charge is -2.37. The van der Waals surface area contributed by atoms with Gasteiger partial charge in [0.25, 0.3) is 0 Å². The van der Waals surface area contributed by atoms with Crippen LogP contribution in [-0.2, 0) is 6.54 Å². The molecule has 3 rings (SSSR count). The van der Waals surface area contributed by atoms with E-state index >= 15 is 0 Å². The van der Waals surface area contributed by atoms with E-state index in [-0.39, 0.29) is 5.82 Å². The van der Waals surface area contributed by atoms with Gasteiger partial charge in [-0.2, -0.15) is 0 Å². The molecule has 0 aliphatic carbocycles. The van der Waals surface area contributed by atoms with E-state index in [1.807, 2.05) is 37.3 Å². The molecular weight excluding hydrogens is 329 g/mol. The Kier molecular flexibility index (Phi) is 6.04. The summed E-state index contributed by atoms with van der Waals surface area (Å²) >= 11 is 0. The second kappa shape index (κ2) is 8.65. The van der Waals surface area contributed by atoms with Crippen molar-refractivity contribution in [3.63, 3.8) is 0 Å². The molecular formula is C20H26FN5.